The number of carbonyl (C=O) groups is 2. The van der Waals surface area contributed by atoms with E-state index in [1.165, 1.54) is 0 Å². The van der Waals surface area contributed by atoms with Gasteiger partial charge in [-0.2, -0.15) is 0 Å². The maximum absolute atomic E-state index is 11.7. The number of aliphatic hydroxyl groups excluding tert-OH is 1. The minimum atomic E-state index is -0.617. The summed E-state index contributed by atoms with van der Waals surface area (Å²) in [6, 6.07) is 7.77. The standard InChI is InChI=1S/C21H32N4O5/c1-2-29-21(28)25-10-8-23(9-11-25)14-18(26)16-30-19-5-3-4-17(12-19)13-24-7-6-22-20(27)15-24/h3-5,12,18,26H,2,6-11,13-16H2,1H3,(H,22,27). The molecule has 0 bridgehead atoms. The van der Waals surface area contributed by atoms with Crippen LogP contribution in [0.4, 0.5) is 4.79 Å². The van der Waals surface area contributed by atoms with Gasteiger partial charge in [-0.3, -0.25) is 14.6 Å². The van der Waals surface area contributed by atoms with Crippen LogP contribution in [0.3, 0.4) is 0 Å². The van der Waals surface area contributed by atoms with Gasteiger partial charge >= 0.3 is 6.09 Å². The second-order valence-corrected chi connectivity index (χ2v) is 7.66. The Bertz CT molecular complexity index is 708. The van der Waals surface area contributed by atoms with Gasteiger partial charge in [0.1, 0.15) is 18.5 Å². The maximum atomic E-state index is 11.7. The van der Waals surface area contributed by atoms with Gasteiger partial charge in [-0.05, 0) is 24.6 Å². The van der Waals surface area contributed by atoms with Crippen LogP contribution in [-0.2, 0) is 16.1 Å². The molecular formula is C21H32N4O5. The molecule has 1 atom stereocenters. The molecule has 2 heterocycles. The molecule has 166 valence electrons. The topological polar surface area (TPSA) is 94.6 Å². The van der Waals surface area contributed by atoms with E-state index < -0.39 is 6.10 Å². The molecule has 0 aliphatic carbocycles. The first-order valence-electron chi connectivity index (χ1n) is 10.6. The molecule has 1 aromatic carbocycles. The fourth-order valence-corrected chi connectivity index (χ4v) is 3.69. The van der Waals surface area contributed by atoms with Crippen LogP contribution in [0, 0.1) is 0 Å². The van der Waals surface area contributed by atoms with E-state index in [1.807, 2.05) is 24.3 Å². The van der Waals surface area contributed by atoms with Crippen molar-refractivity contribution in [3.8, 4) is 5.75 Å². The number of β-amino-alcohol motifs (C(OH)–C–C–N with tert-alkyl or cyclic N) is 1. The summed E-state index contributed by atoms with van der Waals surface area (Å²) < 4.78 is 10.8. The van der Waals surface area contributed by atoms with Gasteiger partial charge in [0.15, 0.2) is 0 Å². The summed E-state index contributed by atoms with van der Waals surface area (Å²) in [6.07, 6.45) is -0.889. The summed E-state index contributed by atoms with van der Waals surface area (Å²) >= 11 is 0. The second kappa shape index (κ2) is 11.1. The zero-order chi connectivity index (χ0) is 21.3. The highest BCUT2D eigenvalue weighted by Crippen LogP contribution is 2.16. The molecule has 2 aliphatic rings. The van der Waals surface area contributed by atoms with E-state index in [-0.39, 0.29) is 18.6 Å². The number of rotatable bonds is 8. The molecular weight excluding hydrogens is 388 g/mol. The van der Waals surface area contributed by atoms with Crippen LogP contribution in [0.2, 0.25) is 0 Å². The number of aliphatic hydroxyl groups is 1. The first-order valence-corrected chi connectivity index (χ1v) is 10.6. The number of amides is 2. The van der Waals surface area contributed by atoms with Gasteiger partial charge in [0.25, 0.3) is 0 Å². The SMILES string of the molecule is CCOC(=O)N1CCN(CC(O)COc2cccc(CN3CCNC(=O)C3)c2)CC1. The zero-order valence-electron chi connectivity index (χ0n) is 17.6. The quantitative estimate of drug-likeness (QED) is 0.617. The highest BCUT2D eigenvalue weighted by Gasteiger charge is 2.23. The Morgan fingerprint density at radius 3 is 2.73 bits per heavy atom. The predicted octanol–water partition coefficient (Wildman–Crippen LogP) is 0.132. The van der Waals surface area contributed by atoms with Crippen molar-refractivity contribution in [2.24, 2.45) is 0 Å². The fraction of sp³-hybridized carbons (Fsp3) is 0.619. The zero-order valence-corrected chi connectivity index (χ0v) is 17.6. The molecule has 0 aromatic heterocycles. The van der Waals surface area contributed by atoms with Gasteiger partial charge < -0.3 is 24.8 Å². The fourth-order valence-electron chi connectivity index (χ4n) is 3.69. The van der Waals surface area contributed by atoms with Crippen LogP contribution in [-0.4, -0.2) is 103 Å². The third-order valence-corrected chi connectivity index (χ3v) is 5.23. The van der Waals surface area contributed by atoms with E-state index >= 15 is 0 Å². The Balaban J connectivity index is 1.39. The molecule has 2 saturated heterocycles. The summed E-state index contributed by atoms with van der Waals surface area (Å²) in [4.78, 5) is 29.2. The van der Waals surface area contributed by atoms with Gasteiger partial charge in [-0.15, -0.1) is 0 Å². The van der Waals surface area contributed by atoms with Crippen molar-refractivity contribution < 1.29 is 24.2 Å². The lowest BCUT2D eigenvalue weighted by molar-refractivity contribution is -0.124. The molecule has 9 heteroatoms. The smallest absolute Gasteiger partial charge is 0.409 e. The molecule has 0 saturated carbocycles. The molecule has 2 N–H and O–H groups in total. The lowest BCUT2D eigenvalue weighted by Crippen LogP contribution is -2.51. The van der Waals surface area contributed by atoms with Crippen LogP contribution in [0.25, 0.3) is 0 Å². The van der Waals surface area contributed by atoms with Gasteiger partial charge in [0.2, 0.25) is 5.91 Å². The van der Waals surface area contributed by atoms with Crippen LogP contribution < -0.4 is 10.1 Å². The van der Waals surface area contributed by atoms with Gasteiger partial charge in [0.05, 0.1) is 13.2 Å². The van der Waals surface area contributed by atoms with Crippen LogP contribution in [0.5, 0.6) is 5.75 Å². The number of carbonyl (C=O) groups excluding carboxylic acids is 2. The number of ether oxygens (including phenoxy) is 2. The average Bonchev–Trinajstić information content (AvgIpc) is 2.73. The third-order valence-electron chi connectivity index (χ3n) is 5.23. The summed E-state index contributed by atoms with van der Waals surface area (Å²) in [5, 5.41) is 13.2. The van der Waals surface area contributed by atoms with E-state index in [0.29, 0.717) is 64.7 Å². The van der Waals surface area contributed by atoms with Crippen molar-refractivity contribution in [3.05, 3.63) is 29.8 Å². The number of nitrogens with one attached hydrogen (secondary N) is 1. The Hall–Kier alpha value is -2.36. The second-order valence-electron chi connectivity index (χ2n) is 7.66. The summed E-state index contributed by atoms with van der Waals surface area (Å²) in [5.41, 5.74) is 1.08. The summed E-state index contributed by atoms with van der Waals surface area (Å²) in [7, 11) is 0. The number of piperazine rings is 2. The average molecular weight is 421 g/mol. The molecule has 0 radical (unpaired) electrons. The minimum Gasteiger partial charge on any atom is -0.491 e. The minimum absolute atomic E-state index is 0.0554. The van der Waals surface area contributed by atoms with Crippen molar-refractivity contribution in [2.75, 3.05) is 65.6 Å². The van der Waals surface area contributed by atoms with Crippen LogP contribution in [0.15, 0.2) is 24.3 Å². The van der Waals surface area contributed by atoms with E-state index in [2.05, 4.69) is 15.1 Å². The number of hydrogen-bond donors (Lipinski definition) is 2. The number of nitrogens with zero attached hydrogens (tertiary/aromatic N) is 3. The Labute approximate surface area is 177 Å². The lowest BCUT2D eigenvalue weighted by Gasteiger charge is -2.34. The third kappa shape index (κ3) is 6.86. The molecule has 1 unspecified atom stereocenters. The molecule has 9 nitrogen and oxygen atoms in total. The van der Waals surface area contributed by atoms with Crippen LogP contribution in [0.1, 0.15) is 12.5 Å². The van der Waals surface area contributed by atoms with Gasteiger partial charge in [0, 0.05) is 52.4 Å². The van der Waals surface area contributed by atoms with Crippen LogP contribution >= 0.6 is 0 Å². The predicted molar refractivity (Wildman–Crippen MR) is 111 cm³/mol. The van der Waals surface area contributed by atoms with Crippen molar-refractivity contribution in [2.45, 2.75) is 19.6 Å². The molecule has 2 aliphatic heterocycles. The van der Waals surface area contributed by atoms with E-state index in [4.69, 9.17) is 9.47 Å². The van der Waals surface area contributed by atoms with Crippen molar-refractivity contribution in [1.82, 2.24) is 20.0 Å². The molecule has 30 heavy (non-hydrogen) atoms. The maximum Gasteiger partial charge on any atom is 0.409 e. The monoisotopic (exact) mass is 420 g/mol. The lowest BCUT2D eigenvalue weighted by atomic mass is 10.2. The highest BCUT2D eigenvalue weighted by atomic mass is 16.6. The number of benzene rings is 1. The van der Waals surface area contributed by atoms with E-state index in [1.54, 1.807) is 11.8 Å². The van der Waals surface area contributed by atoms with E-state index in [9.17, 15) is 14.7 Å². The molecule has 0 spiro atoms. The Morgan fingerprint density at radius 2 is 2.00 bits per heavy atom. The van der Waals surface area contributed by atoms with E-state index in [0.717, 1.165) is 12.1 Å². The molecule has 2 fully saturated rings. The largest absolute Gasteiger partial charge is 0.491 e. The Morgan fingerprint density at radius 1 is 1.20 bits per heavy atom. The van der Waals surface area contributed by atoms with Gasteiger partial charge in [-0.25, -0.2) is 4.79 Å². The normalized spacial score (nSPS) is 19.3. The first kappa shape index (κ1) is 22.3. The van der Waals surface area contributed by atoms with Crippen molar-refractivity contribution >= 4 is 12.0 Å². The molecule has 2 amide bonds. The Kier molecular flexibility index (Phi) is 8.30. The van der Waals surface area contributed by atoms with Gasteiger partial charge in [-0.1, -0.05) is 12.1 Å². The van der Waals surface area contributed by atoms with Crippen molar-refractivity contribution in [1.29, 1.82) is 0 Å². The molecule has 3 rings (SSSR count). The summed E-state index contributed by atoms with van der Waals surface area (Å²) in [6.45, 7) is 8.09. The summed E-state index contributed by atoms with van der Waals surface area (Å²) in [5.74, 6) is 0.764. The highest BCUT2D eigenvalue weighted by molar-refractivity contribution is 5.78. The molecule has 1 aromatic rings. The van der Waals surface area contributed by atoms with Crippen molar-refractivity contribution in [3.63, 3.8) is 0 Å². The first-order chi connectivity index (χ1) is 14.5. The number of hydrogen-bond acceptors (Lipinski definition) is 7.